The van der Waals surface area contributed by atoms with Crippen LogP contribution in [0.1, 0.15) is 35.3 Å². The van der Waals surface area contributed by atoms with Crippen molar-refractivity contribution >= 4 is 10.9 Å². The van der Waals surface area contributed by atoms with E-state index in [9.17, 15) is 5.11 Å². The molecule has 1 aromatic heterocycles. The topological polar surface area (TPSA) is 96.6 Å². The van der Waals surface area contributed by atoms with E-state index in [1.165, 1.54) is 27.8 Å². The van der Waals surface area contributed by atoms with Crippen molar-refractivity contribution in [2.45, 2.75) is 39.1 Å². The van der Waals surface area contributed by atoms with Gasteiger partial charge in [-0.05, 0) is 78.9 Å². The monoisotopic (exact) mass is 534 g/mol. The average Bonchev–Trinajstić information content (AvgIpc) is 3.28. The number of aliphatic hydroxyl groups is 2. The van der Waals surface area contributed by atoms with Crippen LogP contribution in [-0.2, 0) is 26.1 Å². The lowest BCUT2D eigenvalue weighted by Gasteiger charge is -2.41. The van der Waals surface area contributed by atoms with E-state index in [-0.39, 0.29) is 19.4 Å². The van der Waals surface area contributed by atoms with E-state index < -0.39 is 0 Å². The van der Waals surface area contributed by atoms with Crippen molar-refractivity contribution in [2.75, 3.05) is 34.5 Å². The molecule has 0 bridgehead atoms. The standard InChI is InChI=1S/C23H26N2O4.C6H6O.C2H6O/c1-27-15-4-5-19-17(9-15)18-10-20-16-11-23(29-3)22(28-2)8-14(16)6-7-24(20)12-21(18)25(19)13-26;7-6-4-2-1-3-5-6;1-2-3/h4-5,8-9,11,20,26H,6-7,10,12-13H2,1-3H3;1-5,7H;3H,2H2,1H3. The highest BCUT2D eigenvalue weighted by molar-refractivity contribution is 5.87. The zero-order chi connectivity index (χ0) is 27.9. The molecule has 1 atom stereocenters. The Kier molecular flexibility index (Phi) is 9.35. The van der Waals surface area contributed by atoms with Crippen molar-refractivity contribution in [3.8, 4) is 23.0 Å². The van der Waals surface area contributed by atoms with Crippen LogP contribution < -0.4 is 14.2 Å². The van der Waals surface area contributed by atoms with Crippen molar-refractivity contribution in [3.05, 3.63) is 83.0 Å². The van der Waals surface area contributed by atoms with E-state index in [4.69, 9.17) is 24.4 Å². The molecule has 0 aliphatic carbocycles. The fourth-order valence-corrected chi connectivity index (χ4v) is 5.48. The number of hydrogen-bond acceptors (Lipinski definition) is 7. The number of ether oxygens (including phenoxy) is 3. The molecule has 2 aliphatic rings. The molecule has 3 aromatic carbocycles. The number of rotatable bonds is 4. The van der Waals surface area contributed by atoms with Gasteiger partial charge in [0, 0.05) is 36.8 Å². The minimum Gasteiger partial charge on any atom is -0.508 e. The molecule has 3 N–H and O–H groups in total. The van der Waals surface area contributed by atoms with Gasteiger partial charge in [0.2, 0.25) is 0 Å². The number of aromatic nitrogens is 1. The maximum absolute atomic E-state index is 10.1. The molecule has 6 rings (SSSR count). The number of benzene rings is 3. The number of aliphatic hydroxyl groups excluding tert-OH is 2. The summed E-state index contributed by atoms with van der Waals surface area (Å²) in [7, 11) is 5.06. The SMILES string of the molecule is CCO.COc1ccc2c(c1)c1c(n2CO)CN2CCc3cc(OC)c(OC)cc3C2C1.Oc1ccccc1. The first kappa shape index (κ1) is 28.3. The lowest BCUT2D eigenvalue weighted by molar-refractivity contribution is 0.145. The smallest absolute Gasteiger partial charge is 0.161 e. The highest BCUT2D eigenvalue weighted by Gasteiger charge is 2.36. The lowest BCUT2D eigenvalue weighted by atomic mass is 9.85. The molecule has 2 aliphatic heterocycles. The van der Waals surface area contributed by atoms with Crippen molar-refractivity contribution in [2.24, 2.45) is 0 Å². The second-order valence-corrected chi connectivity index (χ2v) is 9.38. The Balaban J connectivity index is 0.000000300. The van der Waals surface area contributed by atoms with Gasteiger partial charge in [-0.3, -0.25) is 4.90 Å². The molecule has 0 radical (unpaired) electrons. The number of aromatic hydroxyl groups is 1. The van der Waals surface area contributed by atoms with E-state index >= 15 is 0 Å². The van der Waals surface area contributed by atoms with Crippen LogP contribution in [0, 0.1) is 0 Å². The summed E-state index contributed by atoms with van der Waals surface area (Å²) in [5.41, 5.74) is 6.21. The van der Waals surface area contributed by atoms with Gasteiger partial charge in [0.15, 0.2) is 11.5 Å². The summed E-state index contributed by atoms with van der Waals surface area (Å²) in [5.74, 6) is 2.73. The predicted octanol–water partition coefficient (Wildman–Crippen LogP) is 4.66. The summed E-state index contributed by atoms with van der Waals surface area (Å²) in [6.45, 7) is 3.73. The molecule has 8 heteroatoms. The van der Waals surface area contributed by atoms with Crippen LogP contribution in [0.3, 0.4) is 0 Å². The number of phenols is 1. The zero-order valence-electron chi connectivity index (χ0n) is 23.1. The summed E-state index contributed by atoms with van der Waals surface area (Å²) < 4.78 is 18.6. The van der Waals surface area contributed by atoms with Crippen LogP contribution in [0.4, 0.5) is 0 Å². The number of para-hydroxylation sites is 1. The molecule has 0 saturated heterocycles. The van der Waals surface area contributed by atoms with Crippen LogP contribution in [-0.4, -0.2) is 59.3 Å². The fourth-order valence-electron chi connectivity index (χ4n) is 5.48. The van der Waals surface area contributed by atoms with Crippen molar-refractivity contribution in [1.82, 2.24) is 9.47 Å². The highest BCUT2D eigenvalue weighted by atomic mass is 16.5. The summed E-state index contributed by atoms with van der Waals surface area (Å²) in [4.78, 5) is 2.51. The highest BCUT2D eigenvalue weighted by Crippen LogP contribution is 2.45. The largest absolute Gasteiger partial charge is 0.508 e. The molecule has 0 fully saturated rings. The molecular weight excluding hydrogens is 496 g/mol. The summed E-state index contributed by atoms with van der Waals surface area (Å²) in [6.07, 6.45) is 1.88. The van der Waals surface area contributed by atoms with E-state index in [1.54, 1.807) is 52.5 Å². The predicted molar refractivity (Wildman–Crippen MR) is 152 cm³/mol. The number of fused-ring (bicyclic) bond motifs is 6. The number of phenolic OH excluding ortho intramolecular Hbond substituents is 1. The van der Waals surface area contributed by atoms with Gasteiger partial charge in [0.05, 0.1) is 26.8 Å². The third-order valence-electron chi connectivity index (χ3n) is 7.26. The number of methoxy groups -OCH3 is 3. The summed E-state index contributed by atoms with van der Waals surface area (Å²) >= 11 is 0. The van der Waals surface area contributed by atoms with E-state index in [2.05, 4.69) is 23.1 Å². The van der Waals surface area contributed by atoms with Gasteiger partial charge >= 0.3 is 0 Å². The first-order valence-corrected chi connectivity index (χ1v) is 13.1. The molecule has 0 spiro atoms. The van der Waals surface area contributed by atoms with Crippen LogP contribution in [0.25, 0.3) is 10.9 Å². The van der Waals surface area contributed by atoms with Gasteiger partial charge < -0.3 is 34.1 Å². The molecule has 8 nitrogen and oxygen atoms in total. The Labute approximate surface area is 229 Å². The first-order valence-electron chi connectivity index (χ1n) is 13.1. The van der Waals surface area contributed by atoms with E-state index in [1.807, 2.05) is 22.8 Å². The Morgan fingerprint density at radius 3 is 2.18 bits per heavy atom. The van der Waals surface area contributed by atoms with E-state index in [0.29, 0.717) is 5.75 Å². The Hall–Kier alpha value is -3.72. The van der Waals surface area contributed by atoms with E-state index in [0.717, 1.165) is 48.7 Å². The van der Waals surface area contributed by atoms with Gasteiger partial charge in [0.25, 0.3) is 0 Å². The van der Waals surface area contributed by atoms with Gasteiger partial charge in [-0.2, -0.15) is 0 Å². The third kappa shape index (κ3) is 5.83. The average molecular weight is 535 g/mol. The Morgan fingerprint density at radius 1 is 0.897 bits per heavy atom. The van der Waals surface area contributed by atoms with Crippen molar-refractivity contribution < 1.29 is 29.5 Å². The number of nitrogens with zero attached hydrogens (tertiary/aromatic N) is 2. The van der Waals surface area contributed by atoms with Gasteiger partial charge in [-0.15, -0.1) is 0 Å². The van der Waals surface area contributed by atoms with Crippen LogP contribution >= 0.6 is 0 Å². The molecule has 0 amide bonds. The Bertz CT molecular complexity index is 1390. The quantitative estimate of drug-likeness (QED) is 0.350. The molecule has 208 valence electrons. The fraction of sp³-hybridized carbons (Fsp3) is 0.355. The minimum absolute atomic E-state index is 0.0156. The summed E-state index contributed by atoms with van der Waals surface area (Å²) in [5, 5.41) is 27.4. The van der Waals surface area contributed by atoms with Crippen LogP contribution in [0.2, 0.25) is 0 Å². The second kappa shape index (κ2) is 12.9. The number of hydrogen-bond donors (Lipinski definition) is 3. The first-order chi connectivity index (χ1) is 19.0. The minimum atomic E-state index is -0.0156. The maximum Gasteiger partial charge on any atom is 0.161 e. The zero-order valence-corrected chi connectivity index (χ0v) is 23.1. The van der Waals surface area contributed by atoms with Crippen LogP contribution in [0.15, 0.2) is 60.7 Å². The third-order valence-corrected chi connectivity index (χ3v) is 7.26. The second-order valence-electron chi connectivity index (χ2n) is 9.38. The van der Waals surface area contributed by atoms with Crippen LogP contribution in [0.5, 0.6) is 23.0 Å². The lowest BCUT2D eigenvalue weighted by Crippen LogP contribution is -2.39. The van der Waals surface area contributed by atoms with Gasteiger partial charge in [0.1, 0.15) is 18.2 Å². The van der Waals surface area contributed by atoms with Gasteiger partial charge in [-0.1, -0.05) is 18.2 Å². The summed E-state index contributed by atoms with van der Waals surface area (Å²) in [6, 6.07) is 19.4. The normalized spacial score (nSPS) is 15.5. The molecule has 3 heterocycles. The molecule has 1 unspecified atom stereocenters. The molecular formula is C31H38N2O6. The van der Waals surface area contributed by atoms with Crippen molar-refractivity contribution in [3.63, 3.8) is 0 Å². The van der Waals surface area contributed by atoms with Crippen molar-refractivity contribution in [1.29, 1.82) is 0 Å². The molecule has 4 aromatic rings. The van der Waals surface area contributed by atoms with Gasteiger partial charge in [-0.25, -0.2) is 0 Å². The Morgan fingerprint density at radius 2 is 1.59 bits per heavy atom. The molecule has 0 saturated carbocycles. The maximum atomic E-state index is 10.1. The molecule has 39 heavy (non-hydrogen) atoms.